The number of aliphatic hydroxyl groups is 3. The molecule has 0 radical (unpaired) electrons. The van der Waals surface area contributed by atoms with Gasteiger partial charge in [0.15, 0.2) is 0 Å². The summed E-state index contributed by atoms with van der Waals surface area (Å²) in [7, 11) is 1.66. The SMILES string of the molecule is C=C(C)C(=O)OCC(O)COc1ccc(C(C)(C)c2ccc(OCC(O)CC)cc2)cc1.C=C(C)COOCC(O)COc1ccc(C(C)(C)c2ccc(OC)cc2)cc1. The van der Waals surface area contributed by atoms with Crippen molar-refractivity contribution in [2.45, 2.75) is 84.0 Å². The molecule has 0 aliphatic rings. The Hall–Kier alpha value is -5.17. The van der Waals surface area contributed by atoms with Gasteiger partial charge >= 0.3 is 5.97 Å². The highest BCUT2D eigenvalue weighted by Gasteiger charge is 2.24. The Morgan fingerprint density at radius 1 is 0.550 bits per heavy atom. The molecule has 0 aliphatic heterocycles. The molecule has 4 aromatic rings. The number of aliphatic hydroxyl groups excluding tert-OH is 3. The van der Waals surface area contributed by atoms with E-state index in [0.717, 1.165) is 28.2 Å². The molecule has 3 atom stereocenters. The molecule has 0 fully saturated rings. The lowest BCUT2D eigenvalue weighted by Gasteiger charge is -2.26. The normalized spacial score (nSPS) is 12.8. The van der Waals surface area contributed by atoms with Gasteiger partial charge in [-0.1, -0.05) is 102 Å². The predicted octanol–water partition coefficient (Wildman–Crippen LogP) is 8.31. The number of hydrogen-bond acceptors (Lipinski definition) is 11. The van der Waals surface area contributed by atoms with Crippen molar-refractivity contribution in [3.63, 3.8) is 0 Å². The van der Waals surface area contributed by atoms with Gasteiger partial charge in [0.05, 0.1) is 13.2 Å². The van der Waals surface area contributed by atoms with Crippen molar-refractivity contribution < 1.29 is 53.6 Å². The summed E-state index contributed by atoms with van der Waals surface area (Å²) in [6.45, 7) is 21.7. The van der Waals surface area contributed by atoms with Crippen LogP contribution in [0.2, 0.25) is 0 Å². The molecule has 0 aromatic heterocycles. The molecule has 11 heteroatoms. The van der Waals surface area contributed by atoms with E-state index in [1.165, 1.54) is 11.1 Å². The first-order valence-corrected chi connectivity index (χ1v) is 20.1. The average molecular weight is 829 g/mol. The third kappa shape index (κ3) is 16.1. The number of methoxy groups -OCH3 is 1. The fourth-order valence-corrected chi connectivity index (χ4v) is 5.60. The highest BCUT2D eigenvalue weighted by Crippen LogP contribution is 2.35. The Bertz CT molecular complexity index is 1880. The first kappa shape index (κ1) is 49.2. The molecule has 326 valence electrons. The van der Waals surface area contributed by atoms with Gasteiger partial charge in [0.2, 0.25) is 0 Å². The molecule has 0 amide bonds. The second-order valence-corrected chi connectivity index (χ2v) is 15.7. The molecule has 3 N–H and O–H groups in total. The standard InChI is InChI=1S/C26H34O6.C23H30O5/c1-6-21(27)15-30-23-11-7-19(8-12-23)26(4,5)20-9-13-24(14-10-20)31-16-22(28)17-32-25(29)18(2)3;1-17(2)14-27-28-16-20(24)15-26-22-12-8-19(9-13-22)23(3,4)18-6-10-21(25-5)11-7-18/h7-14,21-22,27-28H,2,6,15-17H2,1,3-5H3;6-13,20,24H,1,14-16H2,2-5H3. The second kappa shape index (κ2) is 24.2. The maximum atomic E-state index is 11.4. The summed E-state index contributed by atoms with van der Waals surface area (Å²) in [5.74, 6) is 2.35. The number of ether oxygens (including phenoxy) is 5. The zero-order valence-corrected chi connectivity index (χ0v) is 36.4. The maximum Gasteiger partial charge on any atom is 0.333 e. The van der Waals surface area contributed by atoms with Crippen molar-refractivity contribution in [1.82, 2.24) is 0 Å². The number of carbonyl (C=O) groups is 1. The van der Waals surface area contributed by atoms with Crippen molar-refractivity contribution in [2.24, 2.45) is 0 Å². The Morgan fingerprint density at radius 2 is 0.900 bits per heavy atom. The van der Waals surface area contributed by atoms with Crippen LogP contribution in [0.5, 0.6) is 23.0 Å². The molecular weight excluding hydrogens is 765 g/mol. The van der Waals surface area contributed by atoms with Gasteiger partial charge in [0.1, 0.15) is 74.8 Å². The molecule has 3 unspecified atom stereocenters. The molecular formula is C49H64O11. The zero-order valence-electron chi connectivity index (χ0n) is 36.4. The lowest BCUT2D eigenvalue weighted by atomic mass is 9.78. The number of esters is 1. The quantitative estimate of drug-likeness (QED) is 0.0166. The first-order valence-electron chi connectivity index (χ1n) is 20.1. The lowest BCUT2D eigenvalue weighted by molar-refractivity contribution is -0.299. The van der Waals surface area contributed by atoms with Crippen molar-refractivity contribution in [3.8, 4) is 23.0 Å². The van der Waals surface area contributed by atoms with E-state index in [2.05, 4.69) is 53.0 Å². The summed E-state index contributed by atoms with van der Waals surface area (Å²) in [5.41, 5.74) is 5.35. The van der Waals surface area contributed by atoms with Crippen LogP contribution in [0.3, 0.4) is 0 Å². The van der Waals surface area contributed by atoms with Crippen LogP contribution in [-0.4, -0.2) is 86.4 Å². The number of carbonyl (C=O) groups excluding carboxylic acids is 1. The monoisotopic (exact) mass is 828 g/mol. The molecule has 0 heterocycles. The van der Waals surface area contributed by atoms with Gasteiger partial charge in [-0.05, 0) is 91.1 Å². The van der Waals surface area contributed by atoms with Gasteiger partial charge in [-0.25, -0.2) is 14.6 Å². The molecule has 0 saturated carbocycles. The van der Waals surface area contributed by atoms with E-state index in [-0.39, 0.29) is 49.4 Å². The Labute approximate surface area is 356 Å². The Morgan fingerprint density at radius 3 is 1.23 bits per heavy atom. The van der Waals surface area contributed by atoms with Crippen LogP contribution in [0.15, 0.2) is 121 Å². The van der Waals surface area contributed by atoms with Crippen molar-refractivity contribution in [3.05, 3.63) is 144 Å². The average Bonchev–Trinajstić information content (AvgIpc) is 3.25. The summed E-state index contributed by atoms with van der Waals surface area (Å²) >= 11 is 0. The van der Waals surface area contributed by atoms with Crippen LogP contribution >= 0.6 is 0 Å². The smallest absolute Gasteiger partial charge is 0.333 e. The molecule has 4 aromatic carbocycles. The largest absolute Gasteiger partial charge is 0.497 e. The Balaban J connectivity index is 0.000000323. The van der Waals surface area contributed by atoms with Gasteiger partial charge in [-0.3, -0.25) is 0 Å². The molecule has 4 rings (SSSR count). The molecule has 11 nitrogen and oxygen atoms in total. The topological polar surface area (TPSA) is 142 Å². The van der Waals surface area contributed by atoms with Crippen molar-refractivity contribution in [1.29, 1.82) is 0 Å². The van der Waals surface area contributed by atoms with E-state index < -0.39 is 24.3 Å². The van der Waals surface area contributed by atoms with Crippen molar-refractivity contribution in [2.75, 3.05) is 46.8 Å². The fourth-order valence-electron chi connectivity index (χ4n) is 5.60. The van der Waals surface area contributed by atoms with Crippen LogP contribution in [0.25, 0.3) is 0 Å². The summed E-state index contributed by atoms with van der Waals surface area (Å²) < 4.78 is 27.0. The highest BCUT2D eigenvalue weighted by molar-refractivity contribution is 5.86. The summed E-state index contributed by atoms with van der Waals surface area (Å²) in [6, 6.07) is 31.6. The lowest BCUT2D eigenvalue weighted by Crippen LogP contribution is -2.25. The van der Waals surface area contributed by atoms with Crippen LogP contribution in [-0.2, 0) is 30.1 Å². The molecule has 0 aliphatic carbocycles. The predicted molar refractivity (Wildman–Crippen MR) is 234 cm³/mol. The highest BCUT2D eigenvalue weighted by atomic mass is 17.2. The molecule has 0 bridgehead atoms. The van der Waals surface area contributed by atoms with Gasteiger partial charge in [0.25, 0.3) is 0 Å². The summed E-state index contributed by atoms with van der Waals surface area (Å²) in [4.78, 5) is 21.2. The van der Waals surface area contributed by atoms with E-state index in [0.29, 0.717) is 24.5 Å². The van der Waals surface area contributed by atoms with E-state index in [1.807, 2.05) is 98.8 Å². The van der Waals surface area contributed by atoms with Gasteiger partial charge in [-0.15, -0.1) is 0 Å². The maximum absolute atomic E-state index is 11.4. The minimum Gasteiger partial charge on any atom is -0.497 e. The number of benzene rings is 4. The zero-order chi connectivity index (χ0) is 44.3. The van der Waals surface area contributed by atoms with E-state index in [1.54, 1.807) is 14.0 Å². The van der Waals surface area contributed by atoms with E-state index in [4.69, 9.17) is 33.5 Å². The van der Waals surface area contributed by atoms with Gasteiger partial charge in [0, 0.05) is 16.4 Å². The first-order chi connectivity index (χ1) is 28.5. The van der Waals surface area contributed by atoms with E-state index >= 15 is 0 Å². The molecule has 60 heavy (non-hydrogen) atoms. The minimum absolute atomic E-state index is 0.0143. The number of rotatable bonds is 23. The van der Waals surface area contributed by atoms with Crippen LogP contribution in [0.1, 0.15) is 77.1 Å². The third-order valence-electron chi connectivity index (χ3n) is 9.74. The van der Waals surface area contributed by atoms with Crippen LogP contribution in [0.4, 0.5) is 0 Å². The second-order valence-electron chi connectivity index (χ2n) is 15.7. The van der Waals surface area contributed by atoms with Crippen molar-refractivity contribution >= 4 is 5.97 Å². The van der Waals surface area contributed by atoms with E-state index in [9.17, 15) is 20.1 Å². The minimum atomic E-state index is -0.923. The van der Waals surface area contributed by atoms with Gasteiger partial charge < -0.3 is 39.0 Å². The third-order valence-corrected chi connectivity index (χ3v) is 9.74. The fraction of sp³-hybridized carbons (Fsp3) is 0.408. The number of hydrogen-bond donors (Lipinski definition) is 3. The van der Waals surface area contributed by atoms with Crippen LogP contribution in [0, 0.1) is 0 Å². The molecule has 0 saturated heterocycles. The van der Waals surface area contributed by atoms with Crippen LogP contribution < -0.4 is 18.9 Å². The summed E-state index contributed by atoms with van der Waals surface area (Å²) in [6.07, 6.45) is -1.50. The molecule has 0 spiro atoms. The summed E-state index contributed by atoms with van der Waals surface area (Å²) in [5, 5.41) is 29.5. The van der Waals surface area contributed by atoms with Gasteiger partial charge in [-0.2, -0.15) is 0 Å². The Kier molecular flexibility index (Phi) is 19.8.